The molecule has 6 nitrogen and oxygen atoms in total. The van der Waals surface area contributed by atoms with Gasteiger partial charge in [-0.3, -0.25) is 4.79 Å². The molecular weight excluding hydrogens is 268 g/mol. The lowest BCUT2D eigenvalue weighted by atomic mass is 10.1. The first kappa shape index (κ1) is 13.2. The first-order valence-electron chi connectivity index (χ1n) is 6.56. The number of aromatic nitrogens is 4. The lowest BCUT2D eigenvalue weighted by Gasteiger charge is -2.06. The molecule has 1 aromatic carbocycles. The zero-order chi connectivity index (χ0) is 14.8. The maximum absolute atomic E-state index is 11.9. The number of rotatable bonds is 3. The second-order valence-electron chi connectivity index (χ2n) is 4.85. The van der Waals surface area contributed by atoms with Gasteiger partial charge in [0, 0.05) is 6.07 Å². The SMILES string of the molecule is Cc1cccc(Cn2nc(-c3nc(C)no3)ccc2=O)c1. The summed E-state index contributed by atoms with van der Waals surface area (Å²) >= 11 is 0. The molecule has 6 heteroatoms. The minimum absolute atomic E-state index is 0.170. The smallest absolute Gasteiger partial charge is 0.278 e. The van der Waals surface area contributed by atoms with Crippen LogP contribution >= 0.6 is 0 Å². The van der Waals surface area contributed by atoms with Gasteiger partial charge in [-0.15, -0.1) is 0 Å². The molecular formula is C15H14N4O2. The Hall–Kier alpha value is -2.76. The highest BCUT2D eigenvalue weighted by Gasteiger charge is 2.10. The first-order chi connectivity index (χ1) is 10.1. The van der Waals surface area contributed by atoms with Crippen LogP contribution in [-0.4, -0.2) is 19.9 Å². The lowest BCUT2D eigenvalue weighted by molar-refractivity contribution is 0.422. The van der Waals surface area contributed by atoms with E-state index in [1.165, 1.54) is 10.7 Å². The fourth-order valence-electron chi connectivity index (χ4n) is 2.06. The van der Waals surface area contributed by atoms with E-state index in [0.29, 0.717) is 24.0 Å². The Kier molecular flexibility index (Phi) is 3.35. The molecule has 0 fully saturated rings. The van der Waals surface area contributed by atoms with Crippen LogP contribution in [0.25, 0.3) is 11.6 Å². The van der Waals surface area contributed by atoms with Gasteiger partial charge in [0.1, 0.15) is 5.69 Å². The summed E-state index contributed by atoms with van der Waals surface area (Å²) in [4.78, 5) is 16.0. The standard InChI is InChI=1S/C15H14N4O2/c1-10-4-3-5-12(8-10)9-19-14(20)7-6-13(17-19)15-16-11(2)18-21-15/h3-8H,9H2,1-2H3. The van der Waals surface area contributed by atoms with Crippen LogP contribution in [0.1, 0.15) is 17.0 Å². The van der Waals surface area contributed by atoms with Gasteiger partial charge in [0.2, 0.25) is 0 Å². The number of benzene rings is 1. The third-order valence-electron chi connectivity index (χ3n) is 3.03. The minimum Gasteiger partial charge on any atom is -0.332 e. The largest absolute Gasteiger partial charge is 0.332 e. The minimum atomic E-state index is -0.170. The van der Waals surface area contributed by atoms with E-state index in [2.05, 4.69) is 15.2 Å². The van der Waals surface area contributed by atoms with Crippen molar-refractivity contribution in [2.75, 3.05) is 0 Å². The molecule has 0 atom stereocenters. The Balaban J connectivity index is 1.97. The fourth-order valence-corrected chi connectivity index (χ4v) is 2.06. The number of aryl methyl sites for hydroxylation is 2. The Morgan fingerprint density at radius 3 is 2.76 bits per heavy atom. The molecule has 106 valence electrons. The van der Waals surface area contributed by atoms with Gasteiger partial charge in [-0.2, -0.15) is 10.1 Å². The Bertz CT molecular complexity index is 835. The molecule has 0 bridgehead atoms. The zero-order valence-corrected chi connectivity index (χ0v) is 11.8. The maximum atomic E-state index is 11.9. The molecule has 21 heavy (non-hydrogen) atoms. The van der Waals surface area contributed by atoms with Crippen LogP contribution in [0.15, 0.2) is 45.7 Å². The molecule has 0 amide bonds. The topological polar surface area (TPSA) is 73.8 Å². The highest BCUT2D eigenvalue weighted by molar-refractivity contribution is 5.44. The van der Waals surface area contributed by atoms with E-state index in [1.54, 1.807) is 13.0 Å². The summed E-state index contributed by atoms with van der Waals surface area (Å²) in [6.45, 7) is 4.15. The van der Waals surface area contributed by atoms with Crippen LogP contribution in [0, 0.1) is 13.8 Å². The van der Waals surface area contributed by atoms with Crippen molar-refractivity contribution in [3.8, 4) is 11.6 Å². The van der Waals surface area contributed by atoms with Crippen LogP contribution in [0.5, 0.6) is 0 Å². The van der Waals surface area contributed by atoms with Crippen LogP contribution in [0.4, 0.5) is 0 Å². The fraction of sp³-hybridized carbons (Fsp3) is 0.200. The normalized spacial score (nSPS) is 10.8. The molecule has 3 rings (SSSR count). The van der Waals surface area contributed by atoms with Crippen molar-refractivity contribution in [1.29, 1.82) is 0 Å². The van der Waals surface area contributed by atoms with Crippen LogP contribution in [0.3, 0.4) is 0 Å². The maximum Gasteiger partial charge on any atom is 0.278 e. The van der Waals surface area contributed by atoms with Crippen LogP contribution in [-0.2, 0) is 6.54 Å². The Morgan fingerprint density at radius 2 is 2.05 bits per heavy atom. The molecule has 0 radical (unpaired) electrons. The van der Waals surface area contributed by atoms with Gasteiger partial charge in [0.15, 0.2) is 5.82 Å². The summed E-state index contributed by atoms with van der Waals surface area (Å²) in [5.41, 5.74) is 2.48. The Labute approximate surface area is 121 Å². The van der Waals surface area contributed by atoms with Crippen molar-refractivity contribution >= 4 is 0 Å². The second-order valence-corrected chi connectivity index (χ2v) is 4.85. The molecule has 0 aliphatic heterocycles. The van der Waals surface area contributed by atoms with Crippen molar-refractivity contribution in [3.05, 3.63) is 63.7 Å². The van der Waals surface area contributed by atoms with Gasteiger partial charge < -0.3 is 4.52 Å². The molecule has 0 N–H and O–H groups in total. The summed E-state index contributed by atoms with van der Waals surface area (Å²) in [5.74, 6) is 0.841. The third kappa shape index (κ3) is 2.89. The molecule has 2 heterocycles. The molecule has 0 saturated heterocycles. The average molecular weight is 282 g/mol. The molecule has 0 spiro atoms. The van der Waals surface area contributed by atoms with E-state index in [1.807, 2.05) is 31.2 Å². The van der Waals surface area contributed by atoms with Crippen molar-refractivity contribution in [1.82, 2.24) is 19.9 Å². The summed E-state index contributed by atoms with van der Waals surface area (Å²) in [6, 6.07) is 11.0. The average Bonchev–Trinajstić information content (AvgIpc) is 2.88. The molecule has 0 aliphatic carbocycles. The van der Waals surface area contributed by atoms with E-state index < -0.39 is 0 Å². The lowest BCUT2D eigenvalue weighted by Crippen LogP contribution is -2.22. The third-order valence-corrected chi connectivity index (χ3v) is 3.03. The van der Waals surface area contributed by atoms with Crippen molar-refractivity contribution < 1.29 is 4.52 Å². The molecule has 0 aliphatic rings. The molecule has 0 unspecified atom stereocenters. The highest BCUT2D eigenvalue weighted by Crippen LogP contribution is 2.12. The quantitative estimate of drug-likeness (QED) is 0.734. The zero-order valence-electron chi connectivity index (χ0n) is 11.8. The Morgan fingerprint density at radius 1 is 1.19 bits per heavy atom. The van der Waals surface area contributed by atoms with Gasteiger partial charge in [0.05, 0.1) is 6.54 Å². The van der Waals surface area contributed by atoms with Gasteiger partial charge in [-0.25, -0.2) is 4.68 Å². The number of nitrogens with zero attached hydrogens (tertiary/aromatic N) is 4. The van der Waals surface area contributed by atoms with Gasteiger partial charge in [-0.05, 0) is 25.5 Å². The summed E-state index contributed by atoms with van der Waals surface area (Å²) in [5, 5.41) is 8.02. The number of hydrogen-bond donors (Lipinski definition) is 0. The van der Waals surface area contributed by atoms with Crippen molar-refractivity contribution in [2.24, 2.45) is 0 Å². The van der Waals surface area contributed by atoms with Gasteiger partial charge >= 0.3 is 0 Å². The van der Waals surface area contributed by atoms with Crippen LogP contribution in [0.2, 0.25) is 0 Å². The molecule has 2 aromatic heterocycles. The van der Waals surface area contributed by atoms with Gasteiger partial charge in [-0.1, -0.05) is 35.0 Å². The predicted octanol–water partition coefficient (Wildman–Crippen LogP) is 1.96. The van der Waals surface area contributed by atoms with E-state index >= 15 is 0 Å². The van der Waals surface area contributed by atoms with Crippen LogP contribution < -0.4 is 5.56 Å². The molecule has 0 saturated carbocycles. The van der Waals surface area contributed by atoms with E-state index in [9.17, 15) is 4.79 Å². The predicted molar refractivity (Wildman–Crippen MR) is 76.8 cm³/mol. The van der Waals surface area contributed by atoms with E-state index in [-0.39, 0.29) is 5.56 Å². The van der Waals surface area contributed by atoms with E-state index in [4.69, 9.17) is 4.52 Å². The highest BCUT2D eigenvalue weighted by atomic mass is 16.5. The van der Waals surface area contributed by atoms with Gasteiger partial charge in [0.25, 0.3) is 11.4 Å². The summed E-state index contributed by atoms with van der Waals surface area (Å²) < 4.78 is 6.47. The van der Waals surface area contributed by atoms with E-state index in [0.717, 1.165) is 11.1 Å². The summed E-state index contributed by atoms with van der Waals surface area (Å²) in [7, 11) is 0. The first-order valence-corrected chi connectivity index (χ1v) is 6.56. The second kappa shape index (κ2) is 5.32. The number of hydrogen-bond acceptors (Lipinski definition) is 5. The monoisotopic (exact) mass is 282 g/mol. The van der Waals surface area contributed by atoms with Crippen molar-refractivity contribution in [2.45, 2.75) is 20.4 Å². The molecule has 3 aromatic rings. The van der Waals surface area contributed by atoms with Crippen molar-refractivity contribution in [3.63, 3.8) is 0 Å². The summed E-state index contributed by atoms with van der Waals surface area (Å²) in [6.07, 6.45) is 0.